The monoisotopic (exact) mass is 304 g/mol. The molecule has 0 spiro atoms. The van der Waals surface area contributed by atoms with Crippen molar-refractivity contribution < 1.29 is 0 Å². The van der Waals surface area contributed by atoms with E-state index >= 15 is 0 Å². The van der Waals surface area contributed by atoms with Gasteiger partial charge in [0, 0.05) is 0 Å². The van der Waals surface area contributed by atoms with Gasteiger partial charge in [0.1, 0.15) is 0 Å². The summed E-state index contributed by atoms with van der Waals surface area (Å²) in [4.78, 5) is 0. The molecule has 0 aliphatic carbocycles. The standard InChI is InChI=1S/2C8H8.C4H6.C3H6/c2*1-2-8-6-4-3-5-7-8;1-3-4-2;1-3-2/h2*2-7H,1H2;3-4H,1-2H2;3H,1H2,2H3. The van der Waals surface area contributed by atoms with Gasteiger partial charge in [0.05, 0.1) is 0 Å². The van der Waals surface area contributed by atoms with E-state index < -0.39 is 0 Å². The van der Waals surface area contributed by atoms with Crippen LogP contribution in [-0.4, -0.2) is 0 Å². The predicted molar refractivity (Wildman–Crippen MR) is 109 cm³/mol. The molecule has 0 aliphatic rings. The van der Waals surface area contributed by atoms with Crippen molar-refractivity contribution in [2.45, 2.75) is 6.92 Å². The summed E-state index contributed by atoms with van der Waals surface area (Å²) in [6, 6.07) is 20.1. The highest BCUT2D eigenvalue weighted by Crippen LogP contribution is 1.98. The van der Waals surface area contributed by atoms with Gasteiger partial charge in [-0.2, -0.15) is 0 Å². The third kappa shape index (κ3) is 17.1. The second kappa shape index (κ2) is 19.1. The van der Waals surface area contributed by atoms with Crippen molar-refractivity contribution in [1.82, 2.24) is 0 Å². The first-order chi connectivity index (χ1) is 11.2. The van der Waals surface area contributed by atoms with Gasteiger partial charge >= 0.3 is 0 Å². The molecule has 2 aromatic rings. The smallest absolute Gasteiger partial charge is 0.0263 e. The Morgan fingerprint density at radius 1 is 0.565 bits per heavy atom. The Morgan fingerprint density at radius 2 is 0.826 bits per heavy atom. The van der Waals surface area contributed by atoms with E-state index in [0.717, 1.165) is 0 Å². The van der Waals surface area contributed by atoms with Gasteiger partial charge in [-0.25, -0.2) is 0 Å². The van der Waals surface area contributed by atoms with Crippen molar-refractivity contribution in [2.75, 3.05) is 0 Å². The third-order valence-corrected chi connectivity index (χ3v) is 2.24. The second-order valence-electron chi connectivity index (χ2n) is 4.11. The van der Waals surface area contributed by atoms with E-state index in [0.29, 0.717) is 0 Å². The molecule has 0 saturated carbocycles. The number of benzene rings is 2. The first-order valence-electron chi connectivity index (χ1n) is 7.35. The summed E-state index contributed by atoms with van der Waals surface area (Å²) in [6.45, 7) is 19.2. The van der Waals surface area contributed by atoms with Gasteiger partial charge in [-0.1, -0.05) is 117 Å². The van der Waals surface area contributed by atoms with Crippen molar-refractivity contribution in [2.24, 2.45) is 0 Å². The van der Waals surface area contributed by atoms with E-state index in [1.165, 1.54) is 11.1 Å². The van der Waals surface area contributed by atoms with Crippen molar-refractivity contribution in [3.8, 4) is 0 Å². The highest BCUT2D eigenvalue weighted by molar-refractivity contribution is 5.46. The average molecular weight is 304 g/mol. The number of hydrogen-bond donors (Lipinski definition) is 0. The molecule has 120 valence electrons. The minimum absolute atomic E-state index is 1.17. The second-order valence-corrected chi connectivity index (χ2v) is 4.11. The van der Waals surface area contributed by atoms with E-state index in [1.807, 2.05) is 79.7 Å². The molecule has 0 N–H and O–H groups in total. The van der Waals surface area contributed by atoms with Crippen LogP contribution in [0.5, 0.6) is 0 Å². The molecule has 0 aromatic heterocycles. The van der Waals surface area contributed by atoms with E-state index in [1.54, 1.807) is 18.2 Å². The van der Waals surface area contributed by atoms with Gasteiger partial charge in [0.25, 0.3) is 0 Å². The SMILES string of the molecule is C=CC.C=CC=C.C=Cc1ccccc1.C=Cc1ccccc1. The van der Waals surface area contributed by atoms with Crippen LogP contribution < -0.4 is 0 Å². The maximum absolute atomic E-state index is 3.63. The lowest BCUT2D eigenvalue weighted by atomic mass is 10.2. The van der Waals surface area contributed by atoms with Crippen molar-refractivity contribution >= 4 is 12.2 Å². The summed E-state index contributed by atoms with van der Waals surface area (Å²) < 4.78 is 0. The van der Waals surface area contributed by atoms with Gasteiger partial charge in [0.2, 0.25) is 0 Å². The molecule has 0 fully saturated rings. The third-order valence-electron chi connectivity index (χ3n) is 2.24. The number of rotatable bonds is 3. The lowest BCUT2D eigenvalue weighted by Crippen LogP contribution is -1.63. The summed E-state index contributed by atoms with van der Waals surface area (Å²) >= 11 is 0. The molecule has 0 amide bonds. The van der Waals surface area contributed by atoms with E-state index in [4.69, 9.17) is 0 Å². The zero-order chi connectivity index (χ0) is 17.8. The summed E-state index contributed by atoms with van der Waals surface area (Å²) in [5.41, 5.74) is 2.35. The Labute approximate surface area is 142 Å². The first-order valence-corrected chi connectivity index (χ1v) is 7.35. The van der Waals surface area contributed by atoms with Crippen LogP contribution in [0.25, 0.3) is 12.2 Å². The van der Waals surface area contributed by atoms with Crippen LogP contribution in [-0.2, 0) is 0 Å². The van der Waals surface area contributed by atoms with E-state index in [9.17, 15) is 0 Å². The van der Waals surface area contributed by atoms with Gasteiger partial charge in [0.15, 0.2) is 0 Å². The summed E-state index contributed by atoms with van der Waals surface area (Å²) in [5.74, 6) is 0. The molecular weight excluding hydrogens is 276 g/mol. The van der Waals surface area contributed by atoms with Crippen molar-refractivity contribution in [1.29, 1.82) is 0 Å². The molecule has 0 radical (unpaired) electrons. The largest absolute Gasteiger partial charge is 0.103 e. The zero-order valence-corrected chi connectivity index (χ0v) is 14.2. The summed E-state index contributed by atoms with van der Waals surface area (Å²) in [6.07, 6.45) is 8.69. The lowest BCUT2D eigenvalue weighted by Gasteiger charge is -1.85. The minimum Gasteiger partial charge on any atom is -0.103 e. The van der Waals surface area contributed by atoms with Crippen LogP contribution in [0.2, 0.25) is 0 Å². The molecule has 0 heteroatoms. The molecule has 2 rings (SSSR count). The van der Waals surface area contributed by atoms with Gasteiger partial charge in [-0.3, -0.25) is 0 Å². The van der Waals surface area contributed by atoms with Gasteiger partial charge in [-0.05, 0) is 18.1 Å². The maximum atomic E-state index is 3.63. The highest BCUT2D eigenvalue weighted by Gasteiger charge is 1.76. The fraction of sp³-hybridized carbons (Fsp3) is 0.0435. The number of allylic oxidation sites excluding steroid dienone is 3. The topological polar surface area (TPSA) is 0 Å². The van der Waals surface area contributed by atoms with E-state index in [2.05, 4.69) is 32.9 Å². The maximum Gasteiger partial charge on any atom is -0.0263 e. The molecule has 0 saturated heterocycles. The van der Waals surface area contributed by atoms with E-state index in [-0.39, 0.29) is 0 Å². The Hall–Kier alpha value is -2.86. The Kier molecular flexibility index (Phi) is 18.7. The highest BCUT2D eigenvalue weighted by atomic mass is 13.8. The molecule has 0 aliphatic heterocycles. The van der Waals surface area contributed by atoms with Crippen molar-refractivity contribution in [3.05, 3.63) is 123 Å². The fourth-order valence-corrected chi connectivity index (χ4v) is 1.18. The van der Waals surface area contributed by atoms with Crippen LogP contribution in [0.15, 0.2) is 112 Å². The van der Waals surface area contributed by atoms with Crippen LogP contribution in [0.3, 0.4) is 0 Å². The van der Waals surface area contributed by atoms with Crippen LogP contribution in [0.1, 0.15) is 18.1 Å². The fourth-order valence-electron chi connectivity index (χ4n) is 1.18. The Morgan fingerprint density at radius 3 is 0.957 bits per heavy atom. The van der Waals surface area contributed by atoms with Crippen LogP contribution in [0, 0.1) is 0 Å². The zero-order valence-electron chi connectivity index (χ0n) is 14.2. The quantitative estimate of drug-likeness (QED) is 0.415. The molecule has 0 nitrogen and oxygen atoms in total. The van der Waals surface area contributed by atoms with Crippen LogP contribution in [0.4, 0.5) is 0 Å². The summed E-state index contributed by atoms with van der Waals surface area (Å²) in [7, 11) is 0. The molecule has 0 heterocycles. The minimum atomic E-state index is 1.17. The molecule has 0 atom stereocenters. The van der Waals surface area contributed by atoms with Gasteiger partial charge < -0.3 is 0 Å². The normalized spacial score (nSPS) is 7.35. The molecule has 2 aromatic carbocycles. The first kappa shape index (κ1) is 22.4. The van der Waals surface area contributed by atoms with Crippen LogP contribution >= 0.6 is 0 Å². The molecule has 23 heavy (non-hydrogen) atoms. The Bertz CT molecular complexity index is 483. The summed E-state index contributed by atoms with van der Waals surface area (Å²) in [5, 5.41) is 0. The number of hydrogen-bond acceptors (Lipinski definition) is 0. The molecule has 0 bridgehead atoms. The molecular formula is C23H28. The average Bonchev–Trinajstić information content (AvgIpc) is 2.64. The predicted octanol–water partition coefficient (Wildman–Crippen LogP) is 7.21. The molecule has 0 unspecified atom stereocenters. The van der Waals surface area contributed by atoms with Crippen molar-refractivity contribution in [3.63, 3.8) is 0 Å². The Balaban J connectivity index is 0. The van der Waals surface area contributed by atoms with Gasteiger partial charge in [-0.15, -0.1) is 6.58 Å². The lowest BCUT2D eigenvalue weighted by molar-refractivity contribution is 1.67.